The van der Waals surface area contributed by atoms with E-state index in [-0.39, 0.29) is 6.54 Å². The Morgan fingerprint density at radius 2 is 2.16 bits per heavy atom. The summed E-state index contributed by atoms with van der Waals surface area (Å²) >= 11 is 0. The average Bonchev–Trinajstić information content (AvgIpc) is 2.76. The number of hydrogen-bond donors (Lipinski definition) is 2. The van der Waals surface area contributed by atoms with Gasteiger partial charge < -0.3 is 10.6 Å². The van der Waals surface area contributed by atoms with E-state index < -0.39 is 36.5 Å². The number of fused-ring (bicyclic) bond motifs is 1. The molecule has 2 aliphatic rings. The number of imide groups is 1. The average molecular weight is 262 g/mol. The van der Waals surface area contributed by atoms with Crippen molar-refractivity contribution in [2.75, 3.05) is 5.73 Å². The first kappa shape index (κ1) is 8.68. The highest BCUT2D eigenvalue weighted by atomic mass is 16.2. The van der Waals surface area contributed by atoms with E-state index in [0.717, 1.165) is 4.90 Å². The lowest BCUT2D eigenvalue weighted by molar-refractivity contribution is -0.136. The molecule has 6 nitrogen and oxygen atoms in total. The molecule has 2 aliphatic heterocycles. The van der Waals surface area contributed by atoms with Gasteiger partial charge in [-0.05, 0) is 18.5 Å². The molecule has 1 fully saturated rings. The van der Waals surface area contributed by atoms with Crippen LogP contribution in [0.3, 0.4) is 0 Å². The maximum atomic E-state index is 12.4. The molecule has 1 saturated heterocycles. The standard InChI is InChI=1S/C13H13N3O3/c14-9-3-1-2-7-8(9)6-16(13(7)19)10-4-5-11(17)15-12(10)18/h1-3,10H,4-6,14H2,(H,15,17,18)/i4D2,5D. The maximum Gasteiger partial charge on any atom is 0.255 e. The number of hydrogen-bond acceptors (Lipinski definition) is 4. The second-order valence-corrected chi connectivity index (χ2v) is 4.37. The SMILES string of the molecule is [2H]C1C(=O)NC(=O)C(N2Cc3c(N)cccc3C2=O)C1([2H])[2H]. The lowest BCUT2D eigenvalue weighted by Gasteiger charge is -2.29. The van der Waals surface area contributed by atoms with Gasteiger partial charge in [0, 0.05) is 33.9 Å². The zero-order chi connectivity index (χ0) is 16.2. The van der Waals surface area contributed by atoms with Gasteiger partial charge in [0.05, 0.1) is 0 Å². The Morgan fingerprint density at radius 1 is 1.37 bits per heavy atom. The first-order valence-corrected chi connectivity index (χ1v) is 5.70. The number of nitrogen functional groups attached to an aromatic ring is 1. The van der Waals surface area contributed by atoms with E-state index in [9.17, 15) is 14.4 Å². The molecule has 0 aromatic heterocycles. The fraction of sp³-hybridized carbons (Fsp3) is 0.308. The van der Waals surface area contributed by atoms with E-state index in [1.54, 1.807) is 18.2 Å². The summed E-state index contributed by atoms with van der Waals surface area (Å²) in [5, 5.41) is 1.94. The minimum atomic E-state index is -2.48. The first-order valence-electron chi connectivity index (χ1n) is 7.28. The van der Waals surface area contributed by atoms with Gasteiger partial charge in [0.25, 0.3) is 5.91 Å². The van der Waals surface area contributed by atoms with Crippen molar-refractivity contribution >= 4 is 23.4 Å². The summed E-state index contributed by atoms with van der Waals surface area (Å²) in [7, 11) is 0. The molecule has 6 heteroatoms. The number of amides is 3. The fourth-order valence-electron chi connectivity index (χ4n) is 2.27. The Morgan fingerprint density at radius 3 is 2.89 bits per heavy atom. The van der Waals surface area contributed by atoms with Crippen LogP contribution in [0.4, 0.5) is 5.69 Å². The van der Waals surface area contributed by atoms with Crippen LogP contribution in [0.1, 0.15) is 32.8 Å². The Labute approximate surface area is 113 Å². The molecule has 3 N–H and O–H groups in total. The van der Waals surface area contributed by atoms with Crippen molar-refractivity contribution in [3.8, 4) is 0 Å². The van der Waals surface area contributed by atoms with Gasteiger partial charge in [-0.1, -0.05) is 6.07 Å². The number of piperidine rings is 1. The topological polar surface area (TPSA) is 92.5 Å². The highest BCUT2D eigenvalue weighted by molar-refractivity contribution is 6.06. The van der Waals surface area contributed by atoms with Crippen molar-refractivity contribution in [1.82, 2.24) is 10.2 Å². The molecule has 0 spiro atoms. The molecule has 3 rings (SSSR count). The van der Waals surface area contributed by atoms with Crippen molar-refractivity contribution < 1.29 is 18.5 Å². The van der Waals surface area contributed by atoms with Crippen LogP contribution in [-0.4, -0.2) is 28.7 Å². The summed E-state index contributed by atoms with van der Waals surface area (Å²) in [5.41, 5.74) is 7.02. The quantitative estimate of drug-likeness (QED) is 0.551. The van der Waals surface area contributed by atoms with Crippen molar-refractivity contribution in [3.63, 3.8) is 0 Å². The van der Waals surface area contributed by atoms with Crippen molar-refractivity contribution in [2.45, 2.75) is 25.4 Å². The van der Waals surface area contributed by atoms with E-state index >= 15 is 0 Å². The van der Waals surface area contributed by atoms with Crippen molar-refractivity contribution in [2.24, 2.45) is 0 Å². The number of anilines is 1. The predicted molar refractivity (Wildman–Crippen MR) is 66.9 cm³/mol. The monoisotopic (exact) mass is 262 g/mol. The summed E-state index contributed by atoms with van der Waals surface area (Å²) in [6.07, 6.45) is -4.27. The van der Waals surface area contributed by atoms with Gasteiger partial charge in [-0.15, -0.1) is 0 Å². The Bertz CT molecular complexity index is 707. The van der Waals surface area contributed by atoms with E-state index in [1.807, 2.05) is 5.32 Å². The van der Waals surface area contributed by atoms with Gasteiger partial charge >= 0.3 is 0 Å². The molecule has 0 saturated carbocycles. The zero-order valence-corrected chi connectivity index (χ0v) is 9.84. The number of carbonyl (C=O) groups excluding carboxylic acids is 3. The van der Waals surface area contributed by atoms with Crippen LogP contribution in [0.5, 0.6) is 0 Å². The minimum Gasteiger partial charge on any atom is -0.398 e. The van der Waals surface area contributed by atoms with Gasteiger partial charge in [0.2, 0.25) is 11.8 Å². The van der Waals surface area contributed by atoms with Crippen molar-refractivity contribution in [3.05, 3.63) is 29.3 Å². The molecule has 19 heavy (non-hydrogen) atoms. The van der Waals surface area contributed by atoms with Crippen LogP contribution in [0.2, 0.25) is 0 Å². The maximum absolute atomic E-state index is 12.4. The van der Waals surface area contributed by atoms with Crippen LogP contribution in [-0.2, 0) is 16.1 Å². The zero-order valence-electron chi connectivity index (χ0n) is 12.8. The third kappa shape index (κ3) is 1.76. The number of carbonyl (C=O) groups is 3. The van der Waals surface area contributed by atoms with Crippen LogP contribution in [0.15, 0.2) is 18.2 Å². The number of nitrogens with two attached hydrogens (primary N) is 1. The number of nitrogens with zero attached hydrogens (tertiary/aromatic N) is 1. The highest BCUT2D eigenvalue weighted by Gasteiger charge is 2.39. The fourth-order valence-corrected chi connectivity index (χ4v) is 2.27. The van der Waals surface area contributed by atoms with Gasteiger partial charge in [-0.2, -0.15) is 0 Å². The lowest BCUT2D eigenvalue weighted by atomic mass is 10.0. The third-order valence-electron chi connectivity index (χ3n) is 3.21. The molecule has 2 unspecified atom stereocenters. The Balaban J connectivity index is 2.02. The van der Waals surface area contributed by atoms with Crippen LogP contribution < -0.4 is 11.1 Å². The molecule has 2 heterocycles. The Hall–Kier alpha value is -2.37. The highest BCUT2D eigenvalue weighted by Crippen LogP contribution is 2.30. The molecule has 3 amide bonds. The summed E-state index contributed by atoms with van der Waals surface area (Å²) in [4.78, 5) is 37.0. The van der Waals surface area contributed by atoms with Gasteiger partial charge in [-0.3, -0.25) is 19.7 Å². The molecule has 1 aromatic rings. The molecule has 98 valence electrons. The number of benzene rings is 1. The molecule has 1 aromatic carbocycles. The third-order valence-corrected chi connectivity index (χ3v) is 3.21. The molecule has 0 aliphatic carbocycles. The van der Waals surface area contributed by atoms with E-state index in [1.165, 1.54) is 0 Å². The molecular formula is C13H13N3O3. The van der Waals surface area contributed by atoms with E-state index in [0.29, 0.717) is 16.8 Å². The van der Waals surface area contributed by atoms with E-state index in [2.05, 4.69) is 0 Å². The summed E-state index contributed by atoms with van der Waals surface area (Å²) < 4.78 is 23.5. The second kappa shape index (κ2) is 4.08. The molecule has 2 atom stereocenters. The predicted octanol–water partition coefficient (Wildman–Crippen LogP) is 0.0298. The summed E-state index contributed by atoms with van der Waals surface area (Å²) in [5.74, 6) is -2.46. The van der Waals surface area contributed by atoms with E-state index in [4.69, 9.17) is 9.85 Å². The van der Waals surface area contributed by atoms with Crippen molar-refractivity contribution in [1.29, 1.82) is 0 Å². The molecule has 0 bridgehead atoms. The number of rotatable bonds is 1. The first-order chi connectivity index (χ1) is 10.2. The summed E-state index contributed by atoms with van der Waals surface area (Å²) in [6, 6.07) is 3.21. The van der Waals surface area contributed by atoms with Crippen LogP contribution in [0, 0.1) is 0 Å². The van der Waals surface area contributed by atoms with Gasteiger partial charge in [0.15, 0.2) is 0 Å². The molecule has 0 radical (unpaired) electrons. The normalized spacial score (nSPS) is 31.3. The Kier molecular flexibility index (Phi) is 1.87. The molecular weight excluding hydrogens is 246 g/mol. The number of nitrogens with one attached hydrogen (secondary N) is 1. The van der Waals surface area contributed by atoms with Gasteiger partial charge in [0.1, 0.15) is 6.04 Å². The van der Waals surface area contributed by atoms with Crippen LogP contribution in [0.25, 0.3) is 0 Å². The second-order valence-electron chi connectivity index (χ2n) is 4.37. The minimum absolute atomic E-state index is 0.0284. The van der Waals surface area contributed by atoms with Crippen LogP contribution >= 0.6 is 0 Å². The van der Waals surface area contributed by atoms with Gasteiger partial charge in [-0.25, -0.2) is 0 Å². The smallest absolute Gasteiger partial charge is 0.255 e. The summed E-state index contributed by atoms with van der Waals surface area (Å²) in [6.45, 7) is -0.0284. The largest absolute Gasteiger partial charge is 0.398 e. The lowest BCUT2D eigenvalue weighted by Crippen LogP contribution is -2.52.